The molecule has 0 aliphatic carbocycles. The Morgan fingerprint density at radius 1 is 1.73 bits per heavy atom. The zero-order valence-electron chi connectivity index (χ0n) is 6.54. The first-order valence-corrected chi connectivity index (χ1v) is 3.68. The Morgan fingerprint density at radius 3 is 2.73 bits per heavy atom. The Labute approximate surface area is 72.6 Å². The summed E-state index contributed by atoms with van der Waals surface area (Å²) in [6.45, 7) is 2.73. The summed E-state index contributed by atoms with van der Waals surface area (Å²) in [5, 5.41) is 11.8. The van der Waals surface area contributed by atoms with Crippen molar-refractivity contribution in [1.82, 2.24) is 5.32 Å². The second kappa shape index (κ2) is 4.57. The molecule has 1 heterocycles. The second-order valence-corrected chi connectivity index (χ2v) is 2.83. The van der Waals surface area contributed by atoms with Gasteiger partial charge in [0.2, 0.25) is 0 Å². The third-order valence-electron chi connectivity index (χ3n) is 2.09. The van der Waals surface area contributed by atoms with Crippen LogP contribution in [0.1, 0.15) is 19.8 Å². The van der Waals surface area contributed by atoms with E-state index in [0.717, 1.165) is 19.4 Å². The van der Waals surface area contributed by atoms with Gasteiger partial charge in [-0.15, -0.1) is 12.4 Å². The molecule has 0 aromatic carbocycles. The number of hydrogen-bond donors (Lipinski definition) is 2. The Bertz CT molecular complexity index is 134. The number of nitrogens with one attached hydrogen (secondary N) is 1. The van der Waals surface area contributed by atoms with E-state index in [1.54, 1.807) is 6.92 Å². The van der Waals surface area contributed by atoms with Crippen LogP contribution in [0.15, 0.2) is 0 Å². The van der Waals surface area contributed by atoms with Crippen LogP contribution in [-0.2, 0) is 4.79 Å². The molecule has 66 valence electrons. The quantitative estimate of drug-likeness (QED) is 0.662. The van der Waals surface area contributed by atoms with Crippen molar-refractivity contribution in [1.29, 1.82) is 0 Å². The number of hydrogen-bond acceptors (Lipinski definition) is 2. The van der Waals surface area contributed by atoms with Crippen LogP contribution in [0.3, 0.4) is 0 Å². The van der Waals surface area contributed by atoms with Crippen molar-refractivity contribution in [2.75, 3.05) is 6.54 Å². The first-order valence-electron chi connectivity index (χ1n) is 3.68. The summed E-state index contributed by atoms with van der Waals surface area (Å²) in [6.07, 6.45) is 2.12. The normalized spacial score (nSPS) is 25.7. The molecule has 1 saturated heterocycles. The minimum absolute atomic E-state index is 0. The first-order chi connectivity index (χ1) is 4.72. The maximum atomic E-state index is 10.4. The molecular weight excluding hydrogens is 166 g/mol. The lowest BCUT2D eigenvalue weighted by Gasteiger charge is -2.13. The van der Waals surface area contributed by atoms with Gasteiger partial charge < -0.3 is 10.4 Å². The summed E-state index contributed by atoms with van der Waals surface area (Å²) < 4.78 is 0. The molecule has 0 bridgehead atoms. The molecule has 2 unspecified atom stereocenters. The van der Waals surface area contributed by atoms with Crippen LogP contribution in [0, 0.1) is 5.92 Å². The van der Waals surface area contributed by atoms with E-state index in [2.05, 4.69) is 5.32 Å². The molecule has 2 atom stereocenters. The number of rotatable bonds is 2. The van der Waals surface area contributed by atoms with Gasteiger partial charge in [0.1, 0.15) is 0 Å². The molecule has 4 heteroatoms. The van der Waals surface area contributed by atoms with Crippen molar-refractivity contribution in [2.45, 2.75) is 25.8 Å². The molecule has 1 aliphatic heterocycles. The molecule has 11 heavy (non-hydrogen) atoms. The van der Waals surface area contributed by atoms with Gasteiger partial charge in [-0.25, -0.2) is 0 Å². The summed E-state index contributed by atoms with van der Waals surface area (Å²) in [4.78, 5) is 10.4. The van der Waals surface area contributed by atoms with Crippen LogP contribution in [0.25, 0.3) is 0 Å². The van der Waals surface area contributed by atoms with Crippen molar-refractivity contribution >= 4 is 18.4 Å². The van der Waals surface area contributed by atoms with Gasteiger partial charge in [-0.2, -0.15) is 0 Å². The number of carboxylic acid groups (broad SMARTS) is 1. The molecule has 0 aromatic heterocycles. The lowest BCUT2D eigenvalue weighted by Crippen LogP contribution is -2.33. The third kappa shape index (κ3) is 2.67. The summed E-state index contributed by atoms with van der Waals surface area (Å²) in [5.41, 5.74) is 0. The predicted molar refractivity (Wildman–Crippen MR) is 45.1 cm³/mol. The van der Waals surface area contributed by atoms with E-state index in [4.69, 9.17) is 5.11 Å². The minimum atomic E-state index is -0.695. The molecule has 0 spiro atoms. The fourth-order valence-corrected chi connectivity index (χ4v) is 1.31. The Kier molecular flexibility index (Phi) is 4.45. The summed E-state index contributed by atoms with van der Waals surface area (Å²) in [5.74, 6) is -0.929. The maximum absolute atomic E-state index is 10.4. The fraction of sp³-hybridized carbons (Fsp3) is 0.857. The first kappa shape index (κ1) is 10.7. The van der Waals surface area contributed by atoms with Crippen molar-refractivity contribution in [3.63, 3.8) is 0 Å². The van der Waals surface area contributed by atoms with Gasteiger partial charge in [0.15, 0.2) is 0 Å². The Morgan fingerprint density at radius 2 is 2.36 bits per heavy atom. The summed E-state index contributed by atoms with van der Waals surface area (Å²) in [7, 11) is 0. The van der Waals surface area contributed by atoms with Gasteiger partial charge in [-0.3, -0.25) is 4.79 Å². The summed E-state index contributed by atoms with van der Waals surface area (Å²) in [6, 6.07) is 0.206. The monoisotopic (exact) mass is 179 g/mol. The maximum Gasteiger partial charge on any atom is 0.307 e. The van der Waals surface area contributed by atoms with Crippen LogP contribution in [0.4, 0.5) is 0 Å². The van der Waals surface area contributed by atoms with E-state index in [1.165, 1.54) is 0 Å². The second-order valence-electron chi connectivity index (χ2n) is 2.83. The van der Waals surface area contributed by atoms with Gasteiger partial charge in [0, 0.05) is 6.04 Å². The standard InChI is InChI=1S/C7H13NO2.ClH/c1-5(7(9)10)6-3-2-4-8-6;/h5-6,8H,2-4H2,1H3,(H,9,10);1H. The largest absolute Gasteiger partial charge is 0.481 e. The van der Waals surface area contributed by atoms with Crippen molar-refractivity contribution in [3.05, 3.63) is 0 Å². The highest BCUT2D eigenvalue weighted by Gasteiger charge is 2.25. The SMILES string of the molecule is CC(C(=O)O)C1CCCN1.Cl. The molecule has 0 aromatic rings. The van der Waals surface area contributed by atoms with Crippen LogP contribution >= 0.6 is 12.4 Å². The Balaban J connectivity index is 0.000001000. The van der Waals surface area contributed by atoms with E-state index in [9.17, 15) is 4.79 Å². The molecule has 2 N–H and O–H groups in total. The van der Waals surface area contributed by atoms with Gasteiger partial charge in [0.25, 0.3) is 0 Å². The van der Waals surface area contributed by atoms with Crippen LogP contribution < -0.4 is 5.32 Å². The number of carboxylic acids is 1. The van der Waals surface area contributed by atoms with Crippen LogP contribution in [0.5, 0.6) is 0 Å². The highest BCUT2D eigenvalue weighted by molar-refractivity contribution is 5.85. The minimum Gasteiger partial charge on any atom is -0.481 e. The zero-order valence-corrected chi connectivity index (χ0v) is 7.36. The number of halogens is 1. The van der Waals surface area contributed by atoms with Crippen molar-refractivity contribution in [3.8, 4) is 0 Å². The summed E-state index contributed by atoms with van der Waals surface area (Å²) >= 11 is 0. The molecule has 0 radical (unpaired) electrons. The van der Waals surface area contributed by atoms with E-state index >= 15 is 0 Å². The van der Waals surface area contributed by atoms with E-state index in [1.807, 2.05) is 0 Å². The number of aliphatic carboxylic acids is 1. The lowest BCUT2D eigenvalue weighted by molar-refractivity contribution is -0.141. The predicted octanol–water partition coefficient (Wildman–Crippen LogP) is 0.881. The van der Waals surface area contributed by atoms with Crippen LogP contribution in [-0.4, -0.2) is 23.7 Å². The lowest BCUT2D eigenvalue weighted by atomic mass is 10.0. The molecule has 0 amide bonds. The van der Waals surface area contributed by atoms with Gasteiger partial charge in [0.05, 0.1) is 5.92 Å². The van der Waals surface area contributed by atoms with Crippen molar-refractivity contribution in [2.24, 2.45) is 5.92 Å². The number of carbonyl (C=O) groups is 1. The molecule has 1 rings (SSSR count). The van der Waals surface area contributed by atoms with Gasteiger partial charge in [-0.05, 0) is 19.4 Å². The van der Waals surface area contributed by atoms with E-state index in [0.29, 0.717) is 0 Å². The fourth-order valence-electron chi connectivity index (χ4n) is 1.31. The highest BCUT2D eigenvalue weighted by atomic mass is 35.5. The highest BCUT2D eigenvalue weighted by Crippen LogP contribution is 2.13. The van der Waals surface area contributed by atoms with Gasteiger partial charge in [-0.1, -0.05) is 6.92 Å². The topological polar surface area (TPSA) is 49.3 Å². The third-order valence-corrected chi connectivity index (χ3v) is 2.09. The molecule has 1 fully saturated rings. The average Bonchev–Trinajstić information content (AvgIpc) is 2.36. The smallest absolute Gasteiger partial charge is 0.307 e. The van der Waals surface area contributed by atoms with Gasteiger partial charge >= 0.3 is 5.97 Å². The van der Waals surface area contributed by atoms with Crippen LogP contribution in [0.2, 0.25) is 0 Å². The molecular formula is C7H14ClNO2. The van der Waals surface area contributed by atoms with E-state index < -0.39 is 5.97 Å². The average molecular weight is 180 g/mol. The Hall–Kier alpha value is -0.280. The molecule has 1 aliphatic rings. The van der Waals surface area contributed by atoms with E-state index in [-0.39, 0.29) is 24.4 Å². The zero-order chi connectivity index (χ0) is 7.56. The molecule has 0 saturated carbocycles. The van der Waals surface area contributed by atoms with Crippen molar-refractivity contribution < 1.29 is 9.90 Å². The molecule has 3 nitrogen and oxygen atoms in total.